The highest BCUT2D eigenvalue weighted by Crippen LogP contribution is 2.12. The molecule has 0 bridgehead atoms. The van der Waals surface area contributed by atoms with E-state index >= 15 is 0 Å². The normalized spacial score (nSPS) is 12.7. The third kappa shape index (κ3) is 5.14. The van der Waals surface area contributed by atoms with Gasteiger partial charge in [-0.2, -0.15) is 4.72 Å². The molecule has 1 aromatic rings. The molecule has 1 aromatic carbocycles. The highest BCUT2D eigenvalue weighted by molar-refractivity contribution is 7.89. The van der Waals surface area contributed by atoms with E-state index in [-0.39, 0.29) is 17.7 Å². The van der Waals surface area contributed by atoms with Crippen molar-refractivity contribution < 1.29 is 23.1 Å². The lowest BCUT2D eigenvalue weighted by molar-refractivity contribution is -0.139. The molecule has 116 valence electrons. The van der Waals surface area contributed by atoms with Crippen molar-refractivity contribution in [3.8, 4) is 0 Å². The van der Waals surface area contributed by atoms with Crippen LogP contribution in [0.3, 0.4) is 0 Å². The zero-order chi connectivity index (χ0) is 16.0. The standard InChI is InChI=1S/C12H17N3O5S/c1-8-2-4-9(5-3-8)21(19,20)15-10(12(17)18)6-7-11(16)14-13/h2-5,10,15H,6-7,13H2,1H3,(H,14,16)(H,17,18)/t10-/m0/s1. The number of sulfonamides is 1. The van der Waals surface area contributed by atoms with Gasteiger partial charge in [0.15, 0.2) is 0 Å². The largest absolute Gasteiger partial charge is 0.480 e. The predicted molar refractivity (Wildman–Crippen MR) is 74.5 cm³/mol. The van der Waals surface area contributed by atoms with Crippen molar-refractivity contribution in [2.45, 2.75) is 30.7 Å². The van der Waals surface area contributed by atoms with E-state index in [9.17, 15) is 18.0 Å². The van der Waals surface area contributed by atoms with E-state index in [1.54, 1.807) is 19.1 Å². The lowest BCUT2D eigenvalue weighted by atomic mass is 10.2. The lowest BCUT2D eigenvalue weighted by Gasteiger charge is -2.14. The van der Waals surface area contributed by atoms with Crippen molar-refractivity contribution in [1.82, 2.24) is 10.1 Å². The van der Waals surface area contributed by atoms with Gasteiger partial charge in [-0.3, -0.25) is 15.0 Å². The van der Waals surface area contributed by atoms with Crippen molar-refractivity contribution in [1.29, 1.82) is 0 Å². The van der Waals surface area contributed by atoms with Crippen molar-refractivity contribution in [3.05, 3.63) is 29.8 Å². The number of hydrazine groups is 1. The van der Waals surface area contributed by atoms with Crippen molar-refractivity contribution >= 4 is 21.9 Å². The Morgan fingerprint density at radius 1 is 1.29 bits per heavy atom. The number of carbonyl (C=O) groups is 2. The van der Waals surface area contributed by atoms with Crippen LogP contribution in [-0.4, -0.2) is 31.4 Å². The monoisotopic (exact) mass is 315 g/mol. The molecular formula is C12H17N3O5S. The van der Waals surface area contributed by atoms with Gasteiger partial charge in [0.25, 0.3) is 0 Å². The fourth-order valence-electron chi connectivity index (χ4n) is 1.55. The average molecular weight is 315 g/mol. The van der Waals surface area contributed by atoms with Gasteiger partial charge in [0.05, 0.1) is 4.90 Å². The second-order valence-electron chi connectivity index (χ2n) is 4.43. The summed E-state index contributed by atoms with van der Waals surface area (Å²) < 4.78 is 26.2. The van der Waals surface area contributed by atoms with Crippen LogP contribution in [0.1, 0.15) is 18.4 Å². The molecule has 1 rings (SSSR count). The summed E-state index contributed by atoms with van der Waals surface area (Å²) in [4.78, 5) is 22.0. The van der Waals surface area contributed by atoms with E-state index in [2.05, 4.69) is 4.72 Å². The molecule has 0 aliphatic carbocycles. The van der Waals surface area contributed by atoms with E-state index in [0.29, 0.717) is 0 Å². The Kier molecular flexibility index (Phi) is 5.82. The van der Waals surface area contributed by atoms with Gasteiger partial charge in [-0.1, -0.05) is 17.7 Å². The van der Waals surface area contributed by atoms with Crippen LogP contribution in [0.2, 0.25) is 0 Å². The Balaban J connectivity index is 2.84. The summed E-state index contributed by atoms with van der Waals surface area (Å²) >= 11 is 0. The van der Waals surface area contributed by atoms with E-state index in [0.717, 1.165) is 5.56 Å². The number of aliphatic carboxylic acids is 1. The Bertz CT molecular complexity index is 612. The predicted octanol–water partition coefficient (Wildman–Crippen LogP) is -0.503. The number of aryl methyl sites for hydroxylation is 1. The molecule has 0 aliphatic heterocycles. The molecule has 8 nitrogen and oxygen atoms in total. The SMILES string of the molecule is Cc1ccc(S(=O)(=O)N[C@@H](CCC(=O)NN)C(=O)O)cc1. The quantitative estimate of drug-likeness (QED) is 0.304. The Morgan fingerprint density at radius 2 is 1.86 bits per heavy atom. The van der Waals surface area contributed by atoms with Gasteiger partial charge in [0.2, 0.25) is 15.9 Å². The van der Waals surface area contributed by atoms with Crippen molar-refractivity contribution in [2.24, 2.45) is 5.84 Å². The third-order valence-electron chi connectivity index (χ3n) is 2.75. The minimum Gasteiger partial charge on any atom is -0.480 e. The van der Waals surface area contributed by atoms with E-state index in [4.69, 9.17) is 10.9 Å². The van der Waals surface area contributed by atoms with Crippen LogP contribution in [0, 0.1) is 6.92 Å². The summed E-state index contributed by atoms with van der Waals surface area (Å²) in [5, 5.41) is 9.02. The maximum Gasteiger partial charge on any atom is 0.321 e. The number of hydrogen-bond donors (Lipinski definition) is 4. The van der Waals surface area contributed by atoms with Crippen LogP contribution < -0.4 is 16.0 Å². The molecule has 0 fully saturated rings. The van der Waals surface area contributed by atoms with Gasteiger partial charge < -0.3 is 5.11 Å². The van der Waals surface area contributed by atoms with Gasteiger partial charge in [-0.05, 0) is 25.5 Å². The average Bonchev–Trinajstić information content (AvgIpc) is 2.43. The Hall–Kier alpha value is -1.97. The minimum atomic E-state index is -3.97. The molecule has 9 heteroatoms. The molecule has 0 heterocycles. The van der Waals surface area contributed by atoms with Crippen LogP contribution in [0.5, 0.6) is 0 Å². The van der Waals surface area contributed by atoms with Gasteiger partial charge in [-0.15, -0.1) is 0 Å². The molecule has 0 spiro atoms. The molecule has 1 atom stereocenters. The number of nitrogens with two attached hydrogens (primary N) is 1. The molecule has 5 N–H and O–H groups in total. The number of amides is 1. The smallest absolute Gasteiger partial charge is 0.321 e. The van der Waals surface area contributed by atoms with Crippen LogP contribution in [0.15, 0.2) is 29.2 Å². The fraction of sp³-hybridized carbons (Fsp3) is 0.333. The third-order valence-corrected chi connectivity index (χ3v) is 4.24. The molecule has 0 saturated heterocycles. The van der Waals surface area contributed by atoms with E-state index in [1.165, 1.54) is 12.1 Å². The van der Waals surface area contributed by atoms with Gasteiger partial charge in [-0.25, -0.2) is 14.3 Å². The molecule has 0 unspecified atom stereocenters. The van der Waals surface area contributed by atoms with Crippen LogP contribution in [0.4, 0.5) is 0 Å². The van der Waals surface area contributed by atoms with Crippen molar-refractivity contribution in [3.63, 3.8) is 0 Å². The maximum atomic E-state index is 12.1. The first-order chi connectivity index (χ1) is 9.76. The number of rotatable bonds is 7. The van der Waals surface area contributed by atoms with Crippen molar-refractivity contribution in [2.75, 3.05) is 0 Å². The van der Waals surface area contributed by atoms with Gasteiger partial charge in [0, 0.05) is 6.42 Å². The summed E-state index contributed by atoms with van der Waals surface area (Å²) in [6, 6.07) is 4.55. The highest BCUT2D eigenvalue weighted by atomic mass is 32.2. The molecule has 0 aliphatic rings. The summed E-state index contributed by atoms with van der Waals surface area (Å²) in [5.74, 6) is 2.94. The lowest BCUT2D eigenvalue weighted by Crippen LogP contribution is -2.42. The van der Waals surface area contributed by atoms with Gasteiger partial charge in [0.1, 0.15) is 6.04 Å². The zero-order valence-corrected chi connectivity index (χ0v) is 12.2. The number of benzene rings is 1. The molecule has 0 aromatic heterocycles. The molecule has 0 saturated carbocycles. The number of carboxylic acid groups (broad SMARTS) is 1. The number of hydrogen-bond acceptors (Lipinski definition) is 5. The number of nitrogens with one attached hydrogen (secondary N) is 2. The van der Waals surface area contributed by atoms with Crippen LogP contribution >= 0.6 is 0 Å². The van der Waals surface area contributed by atoms with E-state index < -0.39 is 27.9 Å². The van der Waals surface area contributed by atoms with Crippen LogP contribution in [-0.2, 0) is 19.6 Å². The van der Waals surface area contributed by atoms with E-state index in [1.807, 2.05) is 5.43 Å². The number of carbonyl (C=O) groups excluding carboxylic acids is 1. The fourth-order valence-corrected chi connectivity index (χ4v) is 2.78. The molecule has 0 radical (unpaired) electrons. The zero-order valence-electron chi connectivity index (χ0n) is 11.4. The van der Waals surface area contributed by atoms with Gasteiger partial charge >= 0.3 is 5.97 Å². The summed E-state index contributed by atoms with van der Waals surface area (Å²) in [5.41, 5.74) is 2.73. The first-order valence-electron chi connectivity index (χ1n) is 6.07. The summed E-state index contributed by atoms with van der Waals surface area (Å²) in [6.45, 7) is 1.80. The minimum absolute atomic E-state index is 0.0392. The highest BCUT2D eigenvalue weighted by Gasteiger charge is 2.25. The first-order valence-corrected chi connectivity index (χ1v) is 7.56. The topological polar surface area (TPSA) is 139 Å². The summed E-state index contributed by atoms with van der Waals surface area (Å²) in [7, 11) is -3.97. The molecule has 21 heavy (non-hydrogen) atoms. The Labute approximate surface area is 122 Å². The second kappa shape index (κ2) is 7.16. The maximum absolute atomic E-state index is 12.1. The first kappa shape index (κ1) is 17.1. The molecule has 1 amide bonds. The second-order valence-corrected chi connectivity index (χ2v) is 6.15. The number of carboxylic acids is 1. The molecular weight excluding hydrogens is 298 g/mol. The Morgan fingerprint density at radius 3 is 2.33 bits per heavy atom. The summed E-state index contributed by atoms with van der Waals surface area (Å²) in [6.07, 6.45) is -0.409. The van der Waals surface area contributed by atoms with Crippen LogP contribution in [0.25, 0.3) is 0 Å².